The third-order valence-corrected chi connectivity index (χ3v) is 7.70. The molecule has 7 nitrogen and oxygen atoms in total. The van der Waals surface area contributed by atoms with Gasteiger partial charge in [0.1, 0.15) is 18.2 Å². The van der Waals surface area contributed by atoms with Crippen molar-refractivity contribution < 1.29 is 22.3 Å². The van der Waals surface area contributed by atoms with Crippen molar-refractivity contribution in [1.82, 2.24) is 14.5 Å². The summed E-state index contributed by atoms with van der Waals surface area (Å²) in [6.45, 7) is 2.57. The average Bonchev–Trinajstić information content (AvgIpc) is 2.79. The van der Waals surface area contributed by atoms with Gasteiger partial charge in [-0.2, -0.15) is 0 Å². The molecule has 0 atom stereocenters. The van der Waals surface area contributed by atoms with E-state index in [9.17, 15) is 17.6 Å². The number of rotatable bonds is 9. The van der Waals surface area contributed by atoms with Crippen molar-refractivity contribution in [3.05, 3.63) is 58.9 Å². The predicted molar refractivity (Wildman–Crippen MR) is 125 cm³/mol. The highest BCUT2D eigenvalue weighted by Gasteiger charge is 2.25. The summed E-state index contributed by atoms with van der Waals surface area (Å²) in [4.78, 5) is 14.8. The van der Waals surface area contributed by atoms with E-state index in [4.69, 9.17) is 16.3 Å². The van der Waals surface area contributed by atoms with Gasteiger partial charge < -0.3 is 10.1 Å². The fourth-order valence-corrected chi connectivity index (χ4v) is 4.71. The molecule has 1 heterocycles. The summed E-state index contributed by atoms with van der Waals surface area (Å²) in [6, 6.07) is 10.9. The first kappa shape index (κ1) is 25.4. The molecule has 1 saturated heterocycles. The number of ether oxygens (including phenoxy) is 1. The molecule has 33 heavy (non-hydrogen) atoms. The van der Waals surface area contributed by atoms with E-state index in [1.807, 2.05) is 0 Å². The van der Waals surface area contributed by atoms with Gasteiger partial charge in [0.25, 0.3) is 0 Å². The Hall–Kier alpha value is -2.20. The molecule has 1 aliphatic rings. The Morgan fingerprint density at radius 2 is 1.85 bits per heavy atom. The summed E-state index contributed by atoms with van der Waals surface area (Å²) in [6.07, 6.45) is 1.42. The lowest BCUT2D eigenvalue weighted by Crippen LogP contribution is -2.41. The molecule has 0 radical (unpaired) electrons. The van der Waals surface area contributed by atoms with Crippen LogP contribution in [0.25, 0.3) is 0 Å². The zero-order valence-electron chi connectivity index (χ0n) is 18.8. The number of benzene rings is 2. The van der Waals surface area contributed by atoms with Crippen LogP contribution in [0.2, 0.25) is 5.02 Å². The third kappa shape index (κ3) is 6.89. The quantitative estimate of drug-likeness (QED) is 0.538. The summed E-state index contributed by atoms with van der Waals surface area (Å²) in [5.74, 6) is 0.135. The normalized spacial score (nSPS) is 15.5. The zero-order chi connectivity index (χ0) is 24.0. The van der Waals surface area contributed by atoms with Gasteiger partial charge in [0, 0.05) is 37.1 Å². The number of piperidine rings is 1. The van der Waals surface area contributed by atoms with Gasteiger partial charge in [-0.05, 0) is 62.3 Å². The molecule has 0 spiro atoms. The SMILES string of the molecule is CN(C)S(=O)(=O)c1ccc(OCCNC(=O)C2CCN(Cc3ccc(Cl)cc3F)CC2)cc1. The van der Waals surface area contributed by atoms with Crippen molar-refractivity contribution >= 4 is 27.5 Å². The maximum absolute atomic E-state index is 14.0. The standard InChI is InChI=1S/C23H29ClFN3O4S/c1-27(2)33(30,31)21-7-5-20(6-8-21)32-14-11-26-23(29)17-9-12-28(13-10-17)16-18-3-4-19(24)15-22(18)25/h3-8,15,17H,9-14,16H2,1-2H3,(H,26,29). The van der Waals surface area contributed by atoms with Gasteiger partial charge in [-0.25, -0.2) is 17.1 Å². The smallest absolute Gasteiger partial charge is 0.242 e. The van der Waals surface area contributed by atoms with Gasteiger partial charge in [0.2, 0.25) is 15.9 Å². The van der Waals surface area contributed by atoms with Crippen LogP contribution in [-0.4, -0.2) is 63.9 Å². The molecular weight excluding hydrogens is 469 g/mol. The average molecular weight is 498 g/mol. The summed E-state index contributed by atoms with van der Waals surface area (Å²) in [5, 5.41) is 3.27. The van der Waals surface area contributed by atoms with Gasteiger partial charge in [-0.15, -0.1) is 0 Å². The molecule has 0 bridgehead atoms. The van der Waals surface area contributed by atoms with Gasteiger partial charge >= 0.3 is 0 Å². The number of hydrogen-bond acceptors (Lipinski definition) is 5. The highest BCUT2D eigenvalue weighted by atomic mass is 35.5. The summed E-state index contributed by atoms with van der Waals surface area (Å²) < 4.78 is 44.9. The van der Waals surface area contributed by atoms with Crippen molar-refractivity contribution in [3.63, 3.8) is 0 Å². The monoisotopic (exact) mass is 497 g/mol. The van der Waals surface area contributed by atoms with E-state index in [1.165, 1.54) is 32.3 Å². The van der Waals surface area contributed by atoms with Crippen LogP contribution in [0.15, 0.2) is 47.4 Å². The molecule has 0 unspecified atom stereocenters. The molecule has 2 aromatic rings. The summed E-state index contributed by atoms with van der Waals surface area (Å²) in [5.41, 5.74) is 0.604. The number of nitrogens with zero attached hydrogens (tertiary/aromatic N) is 2. The van der Waals surface area contributed by atoms with E-state index in [0.717, 1.165) is 17.4 Å². The second-order valence-corrected chi connectivity index (χ2v) is 10.8. The first-order chi connectivity index (χ1) is 15.7. The Morgan fingerprint density at radius 1 is 1.18 bits per heavy atom. The highest BCUT2D eigenvalue weighted by Crippen LogP contribution is 2.22. The Morgan fingerprint density at radius 3 is 2.45 bits per heavy atom. The van der Waals surface area contributed by atoms with E-state index in [-0.39, 0.29) is 29.1 Å². The minimum absolute atomic E-state index is 0.0108. The van der Waals surface area contributed by atoms with E-state index in [0.29, 0.717) is 42.3 Å². The molecule has 1 fully saturated rings. The summed E-state index contributed by atoms with van der Waals surface area (Å²) >= 11 is 5.80. The summed E-state index contributed by atoms with van der Waals surface area (Å²) in [7, 11) is -0.519. The minimum Gasteiger partial charge on any atom is -0.492 e. The lowest BCUT2D eigenvalue weighted by atomic mass is 9.95. The Labute approximate surface area is 199 Å². The zero-order valence-corrected chi connectivity index (χ0v) is 20.3. The van der Waals surface area contributed by atoms with E-state index >= 15 is 0 Å². The van der Waals surface area contributed by atoms with Crippen LogP contribution >= 0.6 is 11.6 Å². The Bertz CT molecular complexity index is 1060. The first-order valence-corrected chi connectivity index (χ1v) is 12.6. The Balaban J connectivity index is 1.37. The number of sulfonamides is 1. The molecule has 0 saturated carbocycles. The number of likely N-dealkylation sites (tertiary alicyclic amines) is 1. The molecule has 1 aliphatic heterocycles. The van der Waals surface area contributed by atoms with Crippen LogP contribution in [0.3, 0.4) is 0 Å². The molecule has 1 N–H and O–H groups in total. The van der Waals surface area contributed by atoms with Crippen molar-refractivity contribution in [3.8, 4) is 5.75 Å². The van der Waals surface area contributed by atoms with E-state index in [2.05, 4.69) is 10.2 Å². The van der Waals surface area contributed by atoms with Crippen LogP contribution in [0.4, 0.5) is 4.39 Å². The minimum atomic E-state index is -3.47. The third-order valence-electron chi connectivity index (χ3n) is 5.64. The van der Waals surface area contributed by atoms with Gasteiger partial charge in [0.05, 0.1) is 11.4 Å². The van der Waals surface area contributed by atoms with Crippen LogP contribution in [0.5, 0.6) is 5.75 Å². The number of carbonyl (C=O) groups excluding carboxylic acids is 1. The fourth-order valence-electron chi connectivity index (χ4n) is 3.65. The number of carbonyl (C=O) groups is 1. The second kappa shape index (κ2) is 11.3. The van der Waals surface area contributed by atoms with Gasteiger partial charge in [-0.1, -0.05) is 17.7 Å². The largest absolute Gasteiger partial charge is 0.492 e. The fraction of sp³-hybridized carbons (Fsp3) is 0.435. The Kier molecular flexibility index (Phi) is 8.69. The van der Waals surface area contributed by atoms with Crippen molar-refractivity contribution in [2.24, 2.45) is 5.92 Å². The molecule has 1 amide bonds. The first-order valence-electron chi connectivity index (χ1n) is 10.8. The van der Waals surface area contributed by atoms with Gasteiger partial charge in [0.15, 0.2) is 0 Å². The molecular formula is C23H29ClFN3O4S. The lowest BCUT2D eigenvalue weighted by Gasteiger charge is -2.31. The van der Waals surface area contributed by atoms with Crippen molar-refractivity contribution in [2.75, 3.05) is 40.3 Å². The van der Waals surface area contributed by atoms with Crippen LogP contribution in [-0.2, 0) is 21.4 Å². The maximum Gasteiger partial charge on any atom is 0.242 e. The predicted octanol–water partition coefficient (Wildman–Crippen LogP) is 3.14. The number of nitrogens with one attached hydrogen (secondary N) is 1. The van der Waals surface area contributed by atoms with Crippen molar-refractivity contribution in [2.45, 2.75) is 24.3 Å². The molecule has 3 rings (SSSR count). The number of halogens is 2. The molecule has 0 aliphatic carbocycles. The number of amides is 1. The lowest BCUT2D eigenvalue weighted by molar-refractivity contribution is -0.126. The molecule has 2 aromatic carbocycles. The highest BCUT2D eigenvalue weighted by molar-refractivity contribution is 7.89. The van der Waals surface area contributed by atoms with Gasteiger partial charge in [-0.3, -0.25) is 9.69 Å². The second-order valence-electron chi connectivity index (χ2n) is 8.18. The molecule has 0 aromatic heterocycles. The van der Waals surface area contributed by atoms with E-state index < -0.39 is 10.0 Å². The number of hydrogen-bond donors (Lipinski definition) is 1. The maximum atomic E-state index is 14.0. The molecule has 10 heteroatoms. The molecule has 180 valence electrons. The van der Waals surface area contributed by atoms with Crippen molar-refractivity contribution in [1.29, 1.82) is 0 Å². The van der Waals surface area contributed by atoms with E-state index in [1.54, 1.807) is 24.3 Å². The van der Waals surface area contributed by atoms with Crippen LogP contribution in [0.1, 0.15) is 18.4 Å². The topological polar surface area (TPSA) is 79.0 Å². The van der Waals surface area contributed by atoms with Crippen LogP contribution in [0, 0.1) is 11.7 Å². The van der Waals surface area contributed by atoms with Crippen LogP contribution < -0.4 is 10.1 Å².